The lowest BCUT2D eigenvalue weighted by molar-refractivity contribution is 0.204. The van der Waals surface area contributed by atoms with Gasteiger partial charge in [0.2, 0.25) is 0 Å². The molecule has 0 bridgehead atoms. The first-order valence-electron chi connectivity index (χ1n) is 5.30. The first-order chi connectivity index (χ1) is 8.29. The van der Waals surface area contributed by atoms with Crippen LogP contribution in [0.3, 0.4) is 0 Å². The van der Waals surface area contributed by atoms with E-state index in [4.69, 9.17) is 17.0 Å². The van der Waals surface area contributed by atoms with Gasteiger partial charge in [0.25, 0.3) is 0 Å². The van der Waals surface area contributed by atoms with Crippen LogP contribution < -0.4 is 10.6 Å². The third kappa shape index (κ3) is 3.39. The molecule has 0 saturated heterocycles. The Labute approximate surface area is 110 Å². The maximum absolute atomic E-state index is 5.18. The number of thiocarbonyl (C=S) groups is 1. The van der Waals surface area contributed by atoms with Crippen molar-refractivity contribution in [3.05, 3.63) is 29.6 Å². The number of rotatable bonds is 4. The Morgan fingerprint density at radius 3 is 3.12 bits per heavy atom. The fourth-order valence-corrected chi connectivity index (χ4v) is 2.48. The maximum Gasteiger partial charge on any atom is 0.170 e. The Morgan fingerprint density at radius 2 is 2.29 bits per heavy atom. The number of hydrogen-bond donors (Lipinski definition) is 2. The molecule has 0 aliphatic rings. The molecule has 1 heterocycles. The van der Waals surface area contributed by atoms with Crippen LogP contribution >= 0.6 is 23.6 Å². The van der Waals surface area contributed by atoms with E-state index in [1.165, 1.54) is 10.1 Å². The van der Waals surface area contributed by atoms with Gasteiger partial charge in [-0.05, 0) is 47.2 Å². The van der Waals surface area contributed by atoms with Crippen LogP contribution in [-0.4, -0.2) is 25.4 Å². The predicted molar refractivity (Wildman–Crippen MR) is 77.9 cm³/mol. The Bertz CT molecular complexity index is 510. The number of fused-ring (bicyclic) bond motifs is 1. The molecule has 1 aromatic carbocycles. The summed E-state index contributed by atoms with van der Waals surface area (Å²) in [5.74, 6) is 0. The summed E-state index contributed by atoms with van der Waals surface area (Å²) in [5.41, 5.74) is 1.01. The monoisotopic (exact) mass is 266 g/mol. The zero-order valence-electron chi connectivity index (χ0n) is 9.53. The molecule has 0 spiro atoms. The van der Waals surface area contributed by atoms with Crippen molar-refractivity contribution in [2.75, 3.05) is 25.6 Å². The average molecular weight is 266 g/mol. The number of benzene rings is 1. The zero-order chi connectivity index (χ0) is 12.1. The van der Waals surface area contributed by atoms with Gasteiger partial charge in [-0.3, -0.25) is 0 Å². The van der Waals surface area contributed by atoms with Crippen LogP contribution in [0.1, 0.15) is 0 Å². The summed E-state index contributed by atoms with van der Waals surface area (Å²) in [4.78, 5) is 0. The number of hydrogen-bond acceptors (Lipinski definition) is 3. The number of thiophene rings is 1. The predicted octanol–water partition coefficient (Wildman–Crippen LogP) is 2.83. The van der Waals surface area contributed by atoms with Gasteiger partial charge in [0.05, 0.1) is 6.61 Å². The second-order valence-corrected chi connectivity index (χ2v) is 4.90. The molecule has 0 atom stereocenters. The Hall–Kier alpha value is -1.17. The van der Waals surface area contributed by atoms with Crippen LogP contribution in [0.15, 0.2) is 29.6 Å². The summed E-state index contributed by atoms with van der Waals surface area (Å²) >= 11 is 6.92. The highest BCUT2D eigenvalue weighted by Gasteiger charge is 1.99. The second kappa shape index (κ2) is 5.95. The van der Waals surface area contributed by atoms with Gasteiger partial charge in [-0.2, -0.15) is 0 Å². The molecule has 0 amide bonds. The molecule has 0 aliphatic carbocycles. The van der Waals surface area contributed by atoms with Gasteiger partial charge < -0.3 is 15.4 Å². The molecule has 0 saturated carbocycles. The minimum atomic E-state index is 0.622. The van der Waals surface area contributed by atoms with Crippen molar-refractivity contribution in [1.82, 2.24) is 5.32 Å². The summed E-state index contributed by atoms with van der Waals surface area (Å²) in [7, 11) is 1.67. The largest absolute Gasteiger partial charge is 0.383 e. The van der Waals surface area contributed by atoms with Crippen LogP contribution in [-0.2, 0) is 4.74 Å². The smallest absolute Gasteiger partial charge is 0.170 e. The Kier molecular flexibility index (Phi) is 4.30. The normalized spacial score (nSPS) is 10.4. The van der Waals surface area contributed by atoms with Gasteiger partial charge in [-0.1, -0.05) is 0 Å². The first-order valence-corrected chi connectivity index (χ1v) is 6.59. The van der Waals surface area contributed by atoms with Crippen molar-refractivity contribution >= 4 is 44.4 Å². The van der Waals surface area contributed by atoms with E-state index in [-0.39, 0.29) is 0 Å². The highest BCUT2D eigenvalue weighted by Crippen LogP contribution is 2.23. The minimum Gasteiger partial charge on any atom is -0.383 e. The molecule has 3 nitrogen and oxygen atoms in total. The van der Waals surface area contributed by atoms with E-state index >= 15 is 0 Å². The molecule has 0 unspecified atom stereocenters. The molecule has 0 fully saturated rings. The first kappa shape index (κ1) is 12.3. The van der Waals surface area contributed by atoms with Crippen molar-refractivity contribution in [3.63, 3.8) is 0 Å². The van der Waals surface area contributed by atoms with Crippen molar-refractivity contribution in [3.8, 4) is 0 Å². The number of anilines is 1. The molecule has 2 rings (SSSR count). The third-order valence-corrected chi connectivity index (χ3v) is 3.45. The SMILES string of the molecule is COCCNC(=S)Nc1ccc2sccc2c1. The molecule has 5 heteroatoms. The molecular formula is C12H14N2OS2. The highest BCUT2D eigenvalue weighted by atomic mass is 32.1. The van der Waals surface area contributed by atoms with Crippen molar-refractivity contribution in [2.45, 2.75) is 0 Å². The third-order valence-electron chi connectivity index (χ3n) is 2.30. The van der Waals surface area contributed by atoms with Gasteiger partial charge in [0, 0.05) is 24.0 Å². The average Bonchev–Trinajstić information content (AvgIpc) is 2.76. The van der Waals surface area contributed by atoms with Gasteiger partial charge in [0.1, 0.15) is 0 Å². The maximum atomic E-state index is 5.18. The summed E-state index contributed by atoms with van der Waals surface area (Å²) in [5, 5.41) is 10.2. The van der Waals surface area contributed by atoms with E-state index < -0.39 is 0 Å². The Morgan fingerprint density at radius 1 is 1.41 bits per heavy atom. The van der Waals surface area contributed by atoms with E-state index in [0.29, 0.717) is 18.3 Å². The van der Waals surface area contributed by atoms with E-state index in [1.807, 2.05) is 6.07 Å². The Balaban J connectivity index is 1.95. The lowest BCUT2D eigenvalue weighted by atomic mass is 10.2. The van der Waals surface area contributed by atoms with Gasteiger partial charge >= 0.3 is 0 Å². The molecule has 2 aromatic rings. The molecule has 0 aliphatic heterocycles. The van der Waals surface area contributed by atoms with Gasteiger partial charge in [0.15, 0.2) is 5.11 Å². The molecule has 1 aromatic heterocycles. The molecule has 2 N–H and O–H groups in total. The number of ether oxygens (including phenoxy) is 1. The van der Waals surface area contributed by atoms with E-state index in [2.05, 4.69) is 34.2 Å². The summed E-state index contributed by atoms with van der Waals surface area (Å²) < 4.78 is 6.23. The lowest BCUT2D eigenvalue weighted by Gasteiger charge is -2.10. The summed E-state index contributed by atoms with van der Waals surface area (Å²) in [6, 6.07) is 8.33. The standard InChI is InChI=1S/C12H14N2OS2/c1-15-6-5-13-12(16)14-10-2-3-11-9(8-10)4-7-17-11/h2-4,7-8H,5-6H2,1H3,(H2,13,14,16). The molecule has 0 radical (unpaired) electrons. The van der Waals surface area contributed by atoms with Crippen LogP contribution in [0.5, 0.6) is 0 Å². The van der Waals surface area contributed by atoms with Crippen LogP contribution in [0.4, 0.5) is 5.69 Å². The number of methoxy groups -OCH3 is 1. The van der Waals surface area contributed by atoms with Crippen molar-refractivity contribution in [1.29, 1.82) is 0 Å². The minimum absolute atomic E-state index is 0.622. The molecular weight excluding hydrogens is 252 g/mol. The van der Waals surface area contributed by atoms with Crippen LogP contribution in [0.2, 0.25) is 0 Å². The second-order valence-electron chi connectivity index (χ2n) is 3.55. The zero-order valence-corrected chi connectivity index (χ0v) is 11.2. The van der Waals surface area contributed by atoms with E-state index in [0.717, 1.165) is 5.69 Å². The summed E-state index contributed by atoms with van der Waals surface area (Å²) in [6.07, 6.45) is 0. The highest BCUT2D eigenvalue weighted by molar-refractivity contribution is 7.80. The van der Waals surface area contributed by atoms with Crippen molar-refractivity contribution in [2.24, 2.45) is 0 Å². The number of nitrogens with one attached hydrogen (secondary N) is 2. The molecule has 17 heavy (non-hydrogen) atoms. The molecule has 90 valence electrons. The van der Waals surface area contributed by atoms with Crippen LogP contribution in [0.25, 0.3) is 10.1 Å². The van der Waals surface area contributed by atoms with E-state index in [1.54, 1.807) is 18.4 Å². The van der Waals surface area contributed by atoms with Gasteiger partial charge in [-0.25, -0.2) is 0 Å². The topological polar surface area (TPSA) is 33.3 Å². The fraction of sp³-hybridized carbons (Fsp3) is 0.250. The van der Waals surface area contributed by atoms with E-state index in [9.17, 15) is 0 Å². The van der Waals surface area contributed by atoms with Gasteiger partial charge in [-0.15, -0.1) is 11.3 Å². The summed E-state index contributed by atoms with van der Waals surface area (Å²) in [6.45, 7) is 1.36. The quantitative estimate of drug-likeness (QED) is 0.658. The lowest BCUT2D eigenvalue weighted by Crippen LogP contribution is -2.31. The van der Waals surface area contributed by atoms with Crippen molar-refractivity contribution < 1.29 is 4.74 Å². The fourth-order valence-electron chi connectivity index (χ4n) is 1.49. The van der Waals surface area contributed by atoms with Crippen LogP contribution in [0, 0.1) is 0 Å².